The number of aromatic nitrogens is 4. The standard InChI is InChI=1S/C28H32N6O3/c1-17(2)8-10-33-15-23-22(12-18(33)3)27(30-16-29-23)36-21-6-7-24-20(13-21)9-11-34(24)28(35)31-26-14-25(37-32-26)19-4-5-19/h6-7,9,11,13-14,16-19H,4-5,8,10,12,15H2,1-3H3,(H,31,32,35). The summed E-state index contributed by atoms with van der Waals surface area (Å²) in [5.41, 5.74) is 2.88. The summed E-state index contributed by atoms with van der Waals surface area (Å²) < 4.78 is 13.2. The number of anilines is 1. The van der Waals surface area contributed by atoms with Crippen molar-refractivity contribution < 1.29 is 14.1 Å². The quantitative estimate of drug-likeness (QED) is 0.334. The smallest absolute Gasteiger partial charge is 0.331 e. The van der Waals surface area contributed by atoms with E-state index in [1.807, 2.05) is 24.3 Å². The van der Waals surface area contributed by atoms with Crippen molar-refractivity contribution in [3.8, 4) is 11.6 Å². The first-order valence-corrected chi connectivity index (χ1v) is 13.1. The molecule has 1 saturated carbocycles. The SMILES string of the molecule is CC(C)CCN1Cc2ncnc(Oc3ccc4c(ccn4C(=O)Nc4cc(C5CC5)on4)c3)c2CC1C. The van der Waals surface area contributed by atoms with Crippen molar-refractivity contribution in [1.29, 1.82) is 0 Å². The van der Waals surface area contributed by atoms with Crippen LogP contribution in [0.1, 0.15) is 63.0 Å². The highest BCUT2D eigenvalue weighted by molar-refractivity contribution is 5.98. The topological polar surface area (TPSA) is 98.3 Å². The highest BCUT2D eigenvalue weighted by Crippen LogP contribution is 2.40. The molecular formula is C28H32N6O3. The van der Waals surface area contributed by atoms with Gasteiger partial charge in [0.1, 0.15) is 17.8 Å². The van der Waals surface area contributed by atoms with Crippen LogP contribution in [0.25, 0.3) is 10.9 Å². The van der Waals surface area contributed by atoms with Gasteiger partial charge in [0.05, 0.1) is 11.2 Å². The molecular weight excluding hydrogens is 468 g/mol. The van der Waals surface area contributed by atoms with E-state index in [1.54, 1.807) is 23.2 Å². The maximum Gasteiger partial charge on any atom is 0.331 e. The molecule has 1 aliphatic heterocycles. The van der Waals surface area contributed by atoms with Gasteiger partial charge < -0.3 is 9.26 Å². The van der Waals surface area contributed by atoms with Crippen molar-refractivity contribution in [3.05, 3.63) is 59.9 Å². The average molecular weight is 501 g/mol. The lowest BCUT2D eigenvalue weighted by Gasteiger charge is -2.34. The molecule has 2 aliphatic rings. The van der Waals surface area contributed by atoms with Gasteiger partial charge in [-0.05, 0) is 69.3 Å². The fourth-order valence-corrected chi connectivity index (χ4v) is 4.91. The molecule has 9 nitrogen and oxygen atoms in total. The third kappa shape index (κ3) is 4.96. The molecule has 0 radical (unpaired) electrons. The number of hydrogen-bond donors (Lipinski definition) is 1. The minimum absolute atomic E-state index is 0.291. The van der Waals surface area contributed by atoms with Gasteiger partial charge in [0.25, 0.3) is 0 Å². The van der Waals surface area contributed by atoms with Crippen LogP contribution >= 0.6 is 0 Å². The number of rotatable bonds is 7. The maximum absolute atomic E-state index is 12.9. The Hall–Kier alpha value is -3.72. The number of nitrogens with zero attached hydrogens (tertiary/aromatic N) is 5. The summed E-state index contributed by atoms with van der Waals surface area (Å²) >= 11 is 0. The molecule has 1 amide bonds. The van der Waals surface area contributed by atoms with Gasteiger partial charge in [0.2, 0.25) is 5.88 Å². The molecule has 0 spiro atoms. The van der Waals surface area contributed by atoms with Crippen LogP contribution in [0.4, 0.5) is 10.6 Å². The van der Waals surface area contributed by atoms with E-state index >= 15 is 0 Å². The number of nitrogens with one attached hydrogen (secondary N) is 1. The van der Waals surface area contributed by atoms with E-state index in [4.69, 9.17) is 9.26 Å². The first kappa shape index (κ1) is 23.7. The Labute approximate surface area is 215 Å². The summed E-state index contributed by atoms with van der Waals surface area (Å²) in [4.78, 5) is 24.4. The van der Waals surface area contributed by atoms with Crippen molar-refractivity contribution in [1.82, 2.24) is 24.6 Å². The van der Waals surface area contributed by atoms with Crippen LogP contribution in [-0.4, -0.2) is 43.2 Å². The molecule has 6 rings (SSSR count). The third-order valence-corrected chi connectivity index (χ3v) is 7.30. The van der Waals surface area contributed by atoms with E-state index in [-0.39, 0.29) is 6.03 Å². The van der Waals surface area contributed by atoms with Gasteiger partial charge in [0, 0.05) is 41.7 Å². The third-order valence-electron chi connectivity index (χ3n) is 7.30. The second-order valence-corrected chi connectivity index (χ2v) is 10.6. The Kier molecular flexibility index (Phi) is 6.16. The van der Waals surface area contributed by atoms with Crippen LogP contribution < -0.4 is 10.1 Å². The van der Waals surface area contributed by atoms with Crippen LogP contribution in [0.3, 0.4) is 0 Å². The van der Waals surface area contributed by atoms with Crippen molar-refractivity contribution in [2.24, 2.45) is 5.92 Å². The van der Waals surface area contributed by atoms with Crippen LogP contribution in [0.5, 0.6) is 11.6 Å². The fraction of sp³-hybridized carbons (Fsp3) is 0.429. The number of amides is 1. The first-order valence-electron chi connectivity index (χ1n) is 13.1. The Morgan fingerprint density at radius 1 is 1.22 bits per heavy atom. The summed E-state index contributed by atoms with van der Waals surface area (Å²) in [5.74, 6) is 3.66. The number of carbonyl (C=O) groups excluding carboxylic acids is 1. The number of fused-ring (bicyclic) bond motifs is 2. The molecule has 3 aromatic heterocycles. The van der Waals surface area contributed by atoms with E-state index in [2.05, 4.69) is 46.1 Å². The second kappa shape index (κ2) is 9.63. The van der Waals surface area contributed by atoms with Crippen LogP contribution in [0.2, 0.25) is 0 Å². The van der Waals surface area contributed by atoms with Gasteiger partial charge in [-0.2, -0.15) is 0 Å². The lowest BCUT2D eigenvalue weighted by Crippen LogP contribution is -2.40. The Bertz CT molecular complexity index is 1440. The Morgan fingerprint density at radius 2 is 2.08 bits per heavy atom. The molecule has 1 N–H and O–H groups in total. The summed E-state index contributed by atoms with van der Waals surface area (Å²) in [7, 11) is 0. The molecule has 37 heavy (non-hydrogen) atoms. The second-order valence-electron chi connectivity index (χ2n) is 10.6. The van der Waals surface area contributed by atoms with Crippen molar-refractivity contribution in [2.45, 2.75) is 65.0 Å². The molecule has 0 saturated heterocycles. The Balaban J connectivity index is 1.17. The molecule has 1 atom stereocenters. The largest absolute Gasteiger partial charge is 0.439 e. The minimum atomic E-state index is -0.291. The van der Waals surface area contributed by atoms with Crippen LogP contribution in [0.15, 0.2) is 47.4 Å². The number of carbonyl (C=O) groups is 1. The predicted octanol–water partition coefficient (Wildman–Crippen LogP) is 5.96. The number of hydrogen-bond acceptors (Lipinski definition) is 7. The van der Waals surface area contributed by atoms with Crippen molar-refractivity contribution in [3.63, 3.8) is 0 Å². The number of benzene rings is 1. The van der Waals surface area contributed by atoms with E-state index < -0.39 is 0 Å². The lowest BCUT2D eigenvalue weighted by atomic mass is 9.98. The van der Waals surface area contributed by atoms with E-state index in [0.29, 0.717) is 35.3 Å². The molecule has 1 aromatic carbocycles. The van der Waals surface area contributed by atoms with E-state index in [0.717, 1.165) is 60.3 Å². The van der Waals surface area contributed by atoms with Crippen molar-refractivity contribution in [2.75, 3.05) is 11.9 Å². The first-order chi connectivity index (χ1) is 17.9. The minimum Gasteiger partial charge on any atom is -0.439 e. The van der Waals surface area contributed by atoms with E-state index in [1.165, 1.54) is 6.42 Å². The predicted molar refractivity (Wildman–Crippen MR) is 140 cm³/mol. The zero-order valence-electron chi connectivity index (χ0n) is 21.5. The molecule has 4 heterocycles. The zero-order valence-corrected chi connectivity index (χ0v) is 21.5. The van der Waals surface area contributed by atoms with Gasteiger partial charge in [-0.3, -0.25) is 14.8 Å². The molecule has 1 fully saturated rings. The lowest BCUT2D eigenvalue weighted by molar-refractivity contribution is 0.169. The molecule has 192 valence electrons. The van der Waals surface area contributed by atoms with Gasteiger partial charge >= 0.3 is 6.03 Å². The van der Waals surface area contributed by atoms with Crippen molar-refractivity contribution >= 4 is 22.8 Å². The fourth-order valence-electron chi connectivity index (χ4n) is 4.91. The normalized spacial score (nSPS) is 17.8. The Morgan fingerprint density at radius 3 is 2.89 bits per heavy atom. The highest BCUT2D eigenvalue weighted by atomic mass is 16.5. The summed E-state index contributed by atoms with van der Waals surface area (Å²) in [6.07, 6.45) is 7.58. The van der Waals surface area contributed by atoms with Gasteiger partial charge in [-0.15, -0.1) is 0 Å². The zero-order chi connectivity index (χ0) is 25.5. The molecule has 9 heteroatoms. The summed E-state index contributed by atoms with van der Waals surface area (Å²) in [6.45, 7) is 8.65. The maximum atomic E-state index is 12.9. The van der Waals surface area contributed by atoms with Crippen LogP contribution in [0, 0.1) is 5.92 Å². The summed E-state index contributed by atoms with van der Waals surface area (Å²) in [5, 5.41) is 7.69. The van der Waals surface area contributed by atoms with Gasteiger partial charge in [-0.25, -0.2) is 14.8 Å². The van der Waals surface area contributed by atoms with Gasteiger partial charge in [-0.1, -0.05) is 19.0 Å². The van der Waals surface area contributed by atoms with Gasteiger partial charge in [0.15, 0.2) is 5.82 Å². The highest BCUT2D eigenvalue weighted by Gasteiger charge is 2.29. The molecule has 1 unspecified atom stereocenters. The van der Waals surface area contributed by atoms with E-state index in [9.17, 15) is 4.79 Å². The molecule has 0 bridgehead atoms. The summed E-state index contributed by atoms with van der Waals surface area (Å²) in [6, 6.07) is 9.48. The molecule has 1 aliphatic carbocycles. The monoisotopic (exact) mass is 500 g/mol. The average Bonchev–Trinajstić information content (AvgIpc) is 3.47. The van der Waals surface area contributed by atoms with Crippen LogP contribution in [-0.2, 0) is 13.0 Å². The number of ether oxygens (including phenoxy) is 1. The molecule has 4 aromatic rings.